The number of hydrogen-bond acceptors (Lipinski definition) is 4. The second-order valence-electron chi connectivity index (χ2n) is 6.92. The zero-order valence-electron chi connectivity index (χ0n) is 16.8. The summed E-state index contributed by atoms with van der Waals surface area (Å²) in [7, 11) is 1.62. The molecular weight excluding hydrogens is 400 g/mol. The molecular formula is C24H21ClN2O3. The maximum absolute atomic E-state index is 13.2. The quantitative estimate of drug-likeness (QED) is 0.434. The zero-order chi connectivity index (χ0) is 21.1. The minimum absolute atomic E-state index is 0.106. The van der Waals surface area contributed by atoms with Gasteiger partial charge in [0, 0.05) is 5.56 Å². The van der Waals surface area contributed by atoms with Crippen molar-refractivity contribution in [3.63, 3.8) is 0 Å². The molecule has 0 aliphatic rings. The van der Waals surface area contributed by atoms with Crippen molar-refractivity contribution in [2.75, 3.05) is 13.7 Å². The fourth-order valence-electron chi connectivity index (χ4n) is 3.31. The first-order valence-electron chi connectivity index (χ1n) is 9.60. The highest BCUT2D eigenvalue weighted by molar-refractivity contribution is 6.32. The first-order valence-corrected chi connectivity index (χ1v) is 9.97. The Balaban J connectivity index is 1.71. The summed E-state index contributed by atoms with van der Waals surface area (Å²) in [5, 5.41) is 1.12. The number of aromatic nitrogens is 2. The van der Waals surface area contributed by atoms with Gasteiger partial charge in [-0.15, -0.1) is 0 Å². The van der Waals surface area contributed by atoms with Crippen LogP contribution in [0.25, 0.3) is 22.3 Å². The third-order valence-electron chi connectivity index (χ3n) is 4.87. The van der Waals surface area contributed by atoms with E-state index in [2.05, 4.69) is 0 Å². The van der Waals surface area contributed by atoms with Gasteiger partial charge in [-0.3, -0.25) is 9.36 Å². The van der Waals surface area contributed by atoms with Gasteiger partial charge in [0.05, 0.1) is 29.6 Å². The minimum Gasteiger partial charge on any atom is -0.497 e. The molecule has 0 N–H and O–H groups in total. The Morgan fingerprint density at radius 2 is 1.80 bits per heavy atom. The van der Waals surface area contributed by atoms with Crippen LogP contribution < -0.4 is 15.0 Å². The molecule has 0 saturated heterocycles. The van der Waals surface area contributed by atoms with E-state index in [9.17, 15) is 4.79 Å². The lowest BCUT2D eigenvalue weighted by Crippen LogP contribution is -2.26. The topological polar surface area (TPSA) is 53.3 Å². The number of para-hydroxylation sites is 1. The van der Waals surface area contributed by atoms with E-state index in [1.165, 1.54) is 0 Å². The van der Waals surface area contributed by atoms with Crippen LogP contribution in [0, 0.1) is 6.92 Å². The molecule has 0 aliphatic carbocycles. The molecule has 0 radical (unpaired) electrons. The molecule has 3 aromatic carbocycles. The first kappa shape index (κ1) is 20.0. The lowest BCUT2D eigenvalue weighted by molar-refractivity contribution is 0.297. The van der Waals surface area contributed by atoms with Crippen LogP contribution in [0.2, 0.25) is 5.02 Å². The van der Waals surface area contributed by atoms with Gasteiger partial charge in [-0.05, 0) is 61.0 Å². The number of nitrogens with zero attached hydrogens (tertiary/aromatic N) is 2. The van der Waals surface area contributed by atoms with E-state index >= 15 is 0 Å². The van der Waals surface area contributed by atoms with Crippen molar-refractivity contribution in [3.8, 4) is 22.9 Å². The van der Waals surface area contributed by atoms with Crippen LogP contribution in [0.1, 0.15) is 5.56 Å². The average Bonchev–Trinajstić information content (AvgIpc) is 2.76. The molecule has 1 heterocycles. The third kappa shape index (κ3) is 4.02. The molecule has 0 fully saturated rings. The molecule has 6 heteroatoms. The Bertz CT molecular complexity index is 1250. The zero-order valence-corrected chi connectivity index (χ0v) is 17.5. The van der Waals surface area contributed by atoms with Crippen LogP contribution in [0.15, 0.2) is 71.5 Å². The number of benzene rings is 3. The highest BCUT2D eigenvalue weighted by atomic mass is 35.5. The average molecular weight is 421 g/mol. The second-order valence-corrected chi connectivity index (χ2v) is 7.33. The highest BCUT2D eigenvalue weighted by Crippen LogP contribution is 2.26. The summed E-state index contributed by atoms with van der Waals surface area (Å²) >= 11 is 6.26. The molecule has 4 rings (SSSR count). The molecule has 0 aliphatic heterocycles. The van der Waals surface area contributed by atoms with Crippen molar-refractivity contribution in [1.82, 2.24) is 9.55 Å². The van der Waals surface area contributed by atoms with Crippen molar-refractivity contribution in [3.05, 3.63) is 87.7 Å². The number of hydrogen-bond donors (Lipinski definition) is 0. The molecule has 0 unspecified atom stereocenters. The molecule has 4 aromatic rings. The van der Waals surface area contributed by atoms with E-state index in [1.807, 2.05) is 67.6 Å². The largest absolute Gasteiger partial charge is 0.497 e. The molecule has 0 bridgehead atoms. The number of fused-ring (bicyclic) bond motifs is 1. The molecule has 30 heavy (non-hydrogen) atoms. The van der Waals surface area contributed by atoms with Gasteiger partial charge in [-0.25, -0.2) is 4.98 Å². The van der Waals surface area contributed by atoms with E-state index in [4.69, 9.17) is 26.1 Å². The van der Waals surface area contributed by atoms with Crippen LogP contribution in [0.5, 0.6) is 11.5 Å². The van der Waals surface area contributed by atoms with Crippen LogP contribution in [-0.2, 0) is 6.54 Å². The smallest absolute Gasteiger partial charge is 0.261 e. The molecule has 5 nitrogen and oxygen atoms in total. The number of halogens is 1. The minimum atomic E-state index is -0.106. The van der Waals surface area contributed by atoms with Crippen molar-refractivity contribution in [1.29, 1.82) is 0 Å². The second kappa shape index (κ2) is 8.59. The Hall–Kier alpha value is -3.31. The van der Waals surface area contributed by atoms with Gasteiger partial charge >= 0.3 is 0 Å². The molecule has 0 saturated carbocycles. The van der Waals surface area contributed by atoms with Crippen LogP contribution >= 0.6 is 11.6 Å². The van der Waals surface area contributed by atoms with Gasteiger partial charge in [-0.2, -0.15) is 0 Å². The van der Waals surface area contributed by atoms with Crippen LogP contribution in [-0.4, -0.2) is 23.3 Å². The Labute approximate surface area is 179 Å². The summed E-state index contributed by atoms with van der Waals surface area (Å²) in [4.78, 5) is 18.0. The van der Waals surface area contributed by atoms with E-state index in [-0.39, 0.29) is 12.2 Å². The van der Waals surface area contributed by atoms with Gasteiger partial charge in [0.2, 0.25) is 0 Å². The van der Waals surface area contributed by atoms with Gasteiger partial charge in [0.25, 0.3) is 5.56 Å². The number of aryl methyl sites for hydroxylation is 1. The molecule has 152 valence electrons. The van der Waals surface area contributed by atoms with E-state index < -0.39 is 0 Å². The van der Waals surface area contributed by atoms with Crippen LogP contribution in [0.4, 0.5) is 0 Å². The fraction of sp³-hybridized carbons (Fsp3) is 0.167. The lowest BCUT2D eigenvalue weighted by atomic mass is 10.1. The SMILES string of the molecule is COc1ccc(-c2nc3ccccc3c(=O)n2CCOc2ccc(C)cc2Cl)cc1. The Morgan fingerprint density at radius 3 is 2.53 bits per heavy atom. The third-order valence-corrected chi connectivity index (χ3v) is 5.17. The predicted octanol–water partition coefficient (Wildman–Crippen LogP) is 5.11. The van der Waals surface area contributed by atoms with E-state index in [1.54, 1.807) is 17.7 Å². The standard InChI is InChI=1S/C24H21ClN2O3/c1-16-7-12-22(20(25)15-16)30-14-13-27-23(17-8-10-18(29-2)11-9-17)26-21-6-4-3-5-19(21)24(27)28/h3-12,15H,13-14H2,1-2H3. The molecule has 0 atom stereocenters. The summed E-state index contributed by atoms with van der Waals surface area (Å²) in [6, 6.07) is 20.5. The summed E-state index contributed by atoms with van der Waals surface area (Å²) < 4.78 is 12.7. The van der Waals surface area contributed by atoms with Gasteiger partial charge in [-0.1, -0.05) is 29.8 Å². The lowest BCUT2D eigenvalue weighted by Gasteiger charge is -2.15. The van der Waals surface area contributed by atoms with Crippen LogP contribution in [0.3, 0.4) is 0 Å². The van der Waals surface area contributed by atoms with E-state index in [0.717, 1.165) is 16.9 Å². The molecule has 1 aromatic heterocycles. The summed E-state index contributed by atoms with van der Waals surface area (Å²) in [6.07, 6.45) is 0. The van der Waals surface area contributed by atoms with Crippen molar-refractivity contribution in [2.24, 2.45) is 0 Å². The number of ether oxygens (including phenoxy) is 2. The summed E-state index contributed by atoms with van der Waals surface area (Å²) in [5.74, 6) is 1.92. The number of methoxy groups -OCH3 is 1. The van der Waals surface area contributed by atoms with Crippen molar-refractivity contribution < 1.29 is 9.47 Å². The molecule has 0 spiro atoms. The summed E-state index contributed by atoms with van der Waals surface area (Å²) in [5.41, 5.74) is 2.44. The normalized spacial score (nSPS) is 10.9. The van der Waals surface area contributed by atoms with E-state index in [0.29, 0.717) is 34.0 Å². The molecule has 0 amide bonds. The van der Waals surface area contributed by atoms with Gasteiger partial charge in [0.1, 0.15) is 23.9 Å². The Kier molecular flexibility index (Phi) is 5.72. The number of rotatable bonds is 6. The van der Waals surface area contributed by atoms with Crippen molar-refractivity contribution in [2.45, 2.75) is 13.5 Å². The van der Waals surface area contributed by atoms with Crippen molar-refractivity contribution >= 4 is 22.5 Å². The maximum Gasteiger partial charge on any atom is 0.261 e. The predicted molar refractivity (Wildman–Crippen MR) is 120 cm³/mol. The fourth-order valence-corrected chi connectivity index (χ4v) is 3.60. The first-order chi connectivity index (χ1) is 14.6. The highest BCUT2D eigenvalue weighted by Gasteiger charge is 2.13. The van der Waals surface area contributed by atoms with Gasteiger partial charge in [0.15, 0.2) is 0 Å². The summed E-state index contributed by atoms with van der Waals surface area (Å²) in [6.45, 7) is 2.59. The van der Waals surface area contributed by atoms with Gasteiger partial charge < -0.3 is 9.47 Å². The Morgan fingerprint density at radius 1 is 1.03 bits per heavy atom. The monoisotopic (exact) mass is 420 g/mol. The maximum atomic E-state index is 13.2.